The number of hydrogen-bond donors (Lipinski definition) is 0. The molecule has 1 aromatic carbocycles. The molecule has 120 valence electrons. The maximum absolute atomic E-state index is 12.4. The van der Waals surface area contributed by atoms with Crippen molar-refractivity contribution in [3.05, 3.63) is 29.8 Å². The van der Waals surface area contributed by atoms with Crippen LogP contribution in [0.15, 0.2) is 24.3 Å². The molecule has 0 atom stereocenters. The van der Waals surface area contributed by atoms with E-state index in [2.05, 4.69) is 0 Å². The zero-order chi connectivity index (χ0) is 15.9. The van der Waals surface area contributed by atoms with Crippen LogP contribution in [0.3, 0.4) is 0 Å². The summed E-state index contributed by atoms with van der Waals surface area (Å²) in [5.41, 5.74) is 0.958. The van der Waals surface area contributed by atoms with E-state index in [1.165, 1.54) is 7.11 Å². The second kappa shape index (κ2) is 7.68. The minimum Gasteiger partial charge on any atom is -0.497 e. The minimum atomic E-state index is -0.329. The molecule has 2 amide bonds. The SMILES string of the molecule is COC(=O)N1CCCN(C(=O)Cc2ccc(OC)cc2)CC1. The number of nitrogens with zero attached hydrogens (tertiary/aromatic N) is 2. The van der Waals surface area contributed by atoms with Gasteiger partial charge in [-0.15, -0.1) is 0 Å². The number of amides is 2. The molecule has 0 bridgehead atoms. The van der Waals surface area contributed by atoms with Gasteiger partial charge in [-0.2, -0.15) is 0 Å². The summed E-state index contributed by atoms with van der Waals surface area (Å²) in [5, 5.41) is 0. The molecule has 0 unspecified atom stereocenters. The van der Waals surface area contributed by atoms with Gasteiger partial charge in [-0.05, 0) is 24.1 Å². The Kier molecular flexibility index (Phi) is 5.63. The third-order valence-electron chi connectivity index (χ3n) is 3.80. The zero-order valence-electron chi connectivity index (χ0n) is 13.1. The van der Waals surface area contributed by atoms with Crippen molar-refractivity contribution in [1.29, 1.82) is 0 Å². The first-order valence-electron chi connectivity index (χ1n) is 7.37. The Balaban J connectivity index is 1.90. The number of rotatable bonds is 3. The van der Waals surface area contributed by atoms with Crippen LogP contribution in [0.1, 0.15) is 12.0 Å². The summed E-state index contributed by atoms with van der Waals surface area (Å²) in [4.78, 5) is 27.4. The normalized spacial score (nSPS) is 15.2. The van der Waals surface area contributed by atoms with E-state index in [0.29, 0.717) is 32.6 Å². The van der Waals surface area contributed by atoms with Gasteiger partial charge in [-0.3, -0.25) is 4.79 Å². The van der Waals surface area contributed by atoms with Gasteiger partial charge in [0.05, 0.1) is 20.6 Å². The molecule has 1 aliphatic rings. The molecule has 0 saturated carbocycles. The summed E-state index contributed by atoms with van der Waals surface area (Å²) in [5.74, 6) is 0.858. The highest BCUT2D eigenvalue weighted by atomic mass is 16.5. The topological polar surface area (TPSA) is 59.1 Å². The van der Waals surface area contributed by atoms with Gasteiger partial charge in [0.15, 0.2) is 0 Å². The number of hydrogen-bond acceptors (Lipinski definition) is 4. The number of carbonyl (C=O) groups is 2. The second-order valence-corrected chi connectivity index (χ2v) is 5.22. The van der Waals surface area contributed by atoms with Gasteiger partial charge < -0.3 is 19.3 Å². The molecule has 0 spiro atoms. The number of methoxy groups -OCH3 is 2. The van der Waals surface area contributed by atoms with Gasteiger partial charge in [-0.25, -0.2) is 4.79 Å². The molecule has 22 heavy (non-hydrogen) atoms. The van der Waals surface area contributed by atoms with E-state index < -0.39 is 0 Å². The molecule has 0 aliphatic carbocycles. The van der Waals surface area contributed by atoms with E-state index in [1.54, 1.807) is 12.0 Å². The van der Waals surface area contributed by atoms with Crippen LogP contribution in [0, 0.1) is 0 Å². The molecule has 0 aromatic heterocycles. The third kappa shape index (κ3) is 4.13. The molecule has 1 saturated heterocycles. The summed E-state index contributed by atoms with van der Waals surface area (Å²) >= 11 is 0. The first-order chi connectivity index (χ1) is 10.6. The predicted octanol–water partition coefficient (Wildman–Crippen LogP) is 1.54. The van der Waals surface area contributed by atoms with E-state index in [1.807, 2.05) is 29.2 Å². The molecule has 1 heterocycles. The third-order valence-corrected chi connectivity index (χ3v) is 3.80. The van der Waals surface area contributed by atoms with Crippen LogP contribution in [-0.4, -0.2) is 62.2 Å². The van der Waals surface area contributed by atoms with E-state index in [9.17, 15) is 9.59 Å². The van der Waals surface area contributed by atoms with Crippen LogP contribution in [0.2, 0.25) is 0 Å². The van der Waals surface area contributed by atoms with Gasteiger partial charge in [0, 0.05) is 26.2 Å². The molecule has 6 nitrogen and oxygen atoms in total. The maximum Gasteiger partial charge on any atom is 0.409 e. The summed E-state index contributed by atoms with van der Waals surface area (Å²) in [6.07, 6.45) is 0.801. The zero-order valence-corrected chi connectivity index (χ0v) is 13.1. The van der Waals surface area contributed by atoms with E-state index in [0.717, 1.165) is 17.7 Å². The van der Waals surface area contributed by atoms with Crippen LogP contribution < -0.4 is 4.74 Å². The van der Waals surface area contributed by atoms with Gasteiger partial charge in [0.1, 0.15) is 5.75 Å². The summed E-state index contributed by atoms with van der Waals surface area (Å²) in [6, 6.07) is 7.50. The Labute approximate surface area is 130 Å². The lowest BCUT2D eigenvalue weighted by Gasteiger charge is -2.21. The highest BCUT2D eigenvalue weighted by Crippen LogP contribution is 2.13. The molecular formula is C16H22N2O4. The highest BCUT2D eigenvalue weighted by Gasteiger charge is 2.22. The van der Waals surface area contributed by atoms with Gasteiger partial charge in [-0.1, -0.05) is 12.1 Å². The lowest BCUT2D eigenvalue weighted by Crippen LogP contribution is -2.37. The van der Waals surface area contributed by atoms with Crippen molar-refractivity contribution in [2.24, 2.45) is 0 Å². The number of benzene rings is 1. The molecular weight excluding hydrogens is 284 g/mol. The van der Waals surface area contributed by atoms with Crippen molar-refractivity contribution < 1.29 is 19.1 Å². The molecule has 1 fully saturated rings. The fourth-order valence-corrected chi connectivity index (χ4v) is 2.51. The van der Waals surface area contributed by atoms with Crippen molar-refractivity contribution >= 4 is 12.0 Å². The van der Waals surface area contributed by atoms with Crippen molar-refractivity contribution in [3.8, 4) is 5.75 Å². The lowest BCUT2D eigenvalue weighted by molar-refractivity contribution is -0.130. The Morgan fingerprint density at radius 1 is 1.00 bits per heavy atom. The molecule has 0 radical (unpaired) electrons. The van der Waals surface area contributed by atoms with Gasteiger partial charge in [0.2, 0.25) is 5.91 Å². The molecule has 6 heteroatoms. The van der Waals surface area contributed by atoms with Crippen molar-refractivity contribution in [2.45, 2.75) is 12.8 Å². The smallest absolute Gasteiger partial charge is 0.409 e. The van der Waals surface area contributed by atoms with Crippen LogP contribution in [0.4, 0.5) is 4.79 Å². The van der Waals surface area contributed by atoms with Crippen LogP contribution in [0.5, 0.6) is 5.75 Å². The molecule has 2 rings (SSSR count). The minimum absolute atomic E-state index is 0.0804. The average Bonchev–Trinajstić information content (AvgIpc) is 2.81. The number of carbonyl (C=O) groups excluding carboxylic acids is 2. The monoisotopic (exact) mass is 306 g/mol. The van der Waals surface area contributed by atoms with Crippen LogP contribution >= 0.6 is 0 Å². The van der Waals surface area contributed by atoms with Crippen molar-refractivity contribution in [1.82, 2.24) is 9.80 Å². The van der Waals surface area contributed by atoms with Gasteiger partial charge >= 0.3 is 6.09 Å². The Hall–Kier alpha value is -2.24. The molecule has 0 N–H and O–H groups in total. The van der Waals surface area contributed by atoms with Crippen molar-refractivity contribution in [2.75, 3.05) is 40.4 Å². The maximum atomic E-state index is 12.4. The van der Waals surface area contributed by atoms with Crippen molar-refractivity contribution in [3.63, 3.8) is 0 Å². The van der Waals surface area contributed by atoms with Gasteiger partial charge in [0.25, 0.3) is 0 Å². The highest BCUT2D eigenvalue weighted by molar-refractivity contribution is 5.79. The molecule has 1 aliphatic heterocycles. The summed E-state index contributed by atoms with van der Waals surface area (Å²) in [7, 11) is 2.99. The average molecular weight is 306 g/mol. The summed E-state index contributed by atoms with van der Waals surface area (Å²) < 4.78 is 9.84. The first kappa shape index (κ1) is 16.1. The summed E-state index contributed by atoms with van der Waals surface area (Å²) in [6.45, 7) is 2.35. The largest absolute Gasteiger partial charge is 0.497 e. The Bertz CT molecular complexity index is 515. The predicted molar refractivity (Wildman–Crippen MR) is 81.9 cm³/mol. The van der Waals surface area contributed by atoms with E-state index in [-0.39, 0.29) is 12.0 Å². The quantitative estimate of drug-likeness (QED) is 0.850. The lowest BCUT2D eigenvalue weighted by atomic mass is 10.1. The Morgan fingerprint density at radius 3 is 2.27 bits per heavy atom. The molecule has 1 aromatic rings. The van der Waals surface area contributed by atoms with E-state index >= 15 is 0 Å². The Morgan fingerprint density at radius 2 is 1.64 bits per heavy atom. The fourth-order valence-electron chi connectivity index (χ4n) is 2.51. The standard InChI is InChI=1S/C16H22N2O4/c1-21-14-6-4-13(5-7-14)12-15(19)17-8-3-9-18(11-10-17)16(20)22-2/h4-7H,3,8-12H2,1-2H3. The number of ether oxygens (including phenoxy) is 2. The van der Waals surface area contributed by atoms with Crippen LogP contribution in [-0.2, 0) is 16.0 Å². The van der Waals surface area contributed by atoms with Crippen LogP contribution in [0.25, 0.3) is 0 Å². The fraction of sp³-hybridized carbons (Fsp3) is 0.500. The van der Waals surface area contributed by atoms with E-state index in [4.69, 9.17) is 9.47 Å². The second-order valence-electron chi connectivity index (χ2n) is 5.22. The first-order valence-corrected chi connectivity index (χ1v) is 7.37.